The van der Waals surface area contributed by atoms with Crippen LogP contribution in [0.15, 0.2) is 27.7 Å². The minimum atomic E-state index is -4.76. The number of benzene rings is 1. The second-order valence-electron chi connectivity index (χ2n) is 2.33. The Morgan fingerprint density at radius 1 is 1.31 bits per heavy atom. The van der Waals surface area contributed by atoms with Crippen LogP contribution in [-0.4, -0.2) is 18.7 Å². The molecule has 0 fully saturated rings. The molecular weight excluding hydrogens is 199 g/mol. The van der Waals surface area contributed by atoms with E-state index < -0.39 is 15.1 Å². The summed E-state index contributed by atoms with van der Waals surface area (Å²) in [5.41, 5.74) is 0.115. The Bertz CT molecular complexity index is 548. The SMILES string of the molecule is O=S(=O)(F)c1cccc2nonc12. The molecule has 0 amide bonds. The zero-order chi connectivity index (χ0) is 9.47. The second kappa shape index (κ2) is 2.49. The number of hydrogen-bond donors (Lipinski definition) is 0. The number of rotatable bonds is 1. The molecule has 0 unspecified atom stereocenters. The molecule has 0 aliphatic heterocycles. The van der Waals surface area contributed by atoms with Gasteiger partial charge in [0, 0.05) is 0 Å². The van der Waals surface area contributed by atoms with Crippen molar-refractivity contribution >= 4 is 21.3 Å². The number of hydrogen-bond acceptors (Lipinski definition) is 5. The summed E-state index contributed by atoms with van der Waals surface area (Å²) in [6.45, 7) is 0. The molecule has 0 aliphatic rings. The lowest BCUT2D eigenvalue weighted by atomic mass is 10.3. The van der Waals surface area contributed by atoms with Gasteiger partial charge in [0.1, 0.15) is 10.4 Å². The Morgan fingerprint density at radius 2 is 2.08 bits per heavy atom. The van der Waals surface area contributed by atoms with E-state index in [0.717, 1.165) is 6.07 Å². The van der Waals surface area contributed by atoms with Crippen LogP contribution in [0.4, 0.5) is 3.89 Å². The first-order valence-electron chi connectivity index (χ1n) is 3.25. The minimum Gasteiger partial charge on any atom is -0.243 e. The molecule has 1 aromatic carbocycles. The topological polar surface area (TPSA) is 73.1 Å². The summed E-state index contributed by atoms with van der Waals surface area (Å²) in [6.07, 6.45) is 0. The van der Waals surface area contributed by atoms with Gasteiger partial charge >= 0.3 is 10.2 Å². The van der Waals surface area contributed by atoms with Crippen LogP contribution in [-0.2, 0) is 10.2 Å². The third-order valence-corrected chi connectivity index (χ3v) is 2.37. The average molecular weight is 202 g/mol. The molecule has 0 saturated heterocycles. The van der Waals surface area contributed by atoms with Crippen LogP contribution in [0.2, 0.25) is 0 Å². The highest BCUT2D eigenvalue weighted by molar-refractivity contribution is 7.86. The van der Waals surface area contributed by atoms with Crippen LogP contribution in [0.1, 0.15) is 0 Å². The molecule has 0 atom stereocenters. The van der Waals surface area contributed by atoms with Gasteiger partial charge in [-0.25, -0.2) is 4.63 Å². The van der Waals surface area contributed by atoms with Crippen molar-refractivity contribution in [3.8, 4) is 0 Å². The van der Waals surface area contributed by atoms with Gasteiger partial charge in [-0.2, -0.15) is 8.42 Å². The van der Waals surface area contributed by atoms with Crippen molar-refractivity contribution < 1.29 is 16.9 Å². The average Bonchev–Trinajstić information content (AvgIpc) is 2.48. The molecular formula is C6H3FN2O3S. The molecule has 13 heavy (non-hydrogen) atoms. The van der Waals surface area contributed by atoms with E-state index in [1.807, 2.05) is 0 Å². The molecule has 2 rings (SSSR count). The quantitative estimate of drug-likeness (QED) is 0.642. The molecule has 1 heterocycles. The molecule has 2 aromatic rings. The van der Waals surface area contributed by atoms with Crippen LogP contribution < -0.4 is 0 Å². The van der Waals surface area contributed by atoms with E-state index in [-0.39, 0.29) is 11.0 Å². The van der Waals surface area contributed by atoms with E-state index in [1.165, 1.54) is 12.1 Å². The Kier molecular flexibility index (Phi) is 1.56. The molecule has 5 nitrogen and oxygen atoms in total. The fraction of sp³-hybridized carbons (Fsp3) is 0. The van der Waals surface area contributed by atoms with Crippen LogP contribution in [0.3, 0.4) is 0 Å². The maximum absolute atomic E-state index is 12.6. The minimum absolute atomic E-state index is 0.0926. The summed E-state index contributed by atoms with van der Waals surface area (Å²) in [5.74, 6) is 0. The molecule has 0 bridgehead atoms. The number of halogens is 1. The maximum Gasteiger partial charge on any atom is 0.334 e. The number of fused-ring (bicyclic) bond motifs is 1. The zero-order valence-electron chi connectivity index (χ0n) is 6.14. The lowest BCUT2D eigenvalue weighted by Gasteiger charge is -1.91. The first-order chi connectivity index (χ1) is 6.09. The van der Waals surface area contributed by atoms with Crippen molar-refractivity contribution in [2.24, 2.45) is 0 Å². The highest BCUT2D eigenvalue weighted by atomic mass is 32.3. The van der Waals surface area contributed by atoms with Crippen LogP contribution in [0.5, 0.6) is 0 Å². The fourth-order valence-corrected chi connectivity index (χ4v) is 1.59. The molecule has 0 N–H and O–H groups in total. The van der Waals surface area contributed by atoms with E-state index in [9.17, 15) is 12.3 Å². The number of nitrogens with zero attached hydrogens (tertiary/aromatic N) is 2. The smallest absolute Gasteiger partial charge is 0.243 e. The predicted molar refractivity (Wildman–Crippen MR) is 40.1 cm³/mol. The summed E-state index contributed by atoms with van der Waals surface area (Å²) < 4.78 is 38.0. The highest BCUT2D eigenvalue weighted by Gasteiger charge is 2.18. The molecule has 0 aliphatic carbocycles. The Balaban J connectivity index is 2.91. The van der Waals surface area contributed by atoms with E-state index in [2.05, 4.69) is 14.9 Å². The lowest BCUT2D eigenvalue weighted by molar-refractivity contribution is 0.315. The normalized spacial score (nSPS) is 12.1. The molecule has 0 saturated carbocycles. The van der Waals surface area contributed by atoms with Gasteiger partial charge in [0.25, 0.3) is 0 Å². The summed E-state index contributed by atoms with van der Waals surface area (Å²) in [4.78, 5) is -0.522. The fourth-order valence-electron chi connectivity index (χ4n) is 0.978. The van der Waals surface area contributed by atoms with Gasteiger partial charge in [-0.3, -0.25) is 0 Å². The highest BCUT2D eigenvalue weighted by Crippen LogP contribution is 2.20. The van der Waals surface area contributed by atoms with E-state index in [0.29, 0.717) is 0 Å². The summed E-state index contributed by atoms with van der Waals surface area (Å²) in [6, 6.07) is 3.93. The van der Waals surface area contributed by atoms with E-state index in [1.54, 1.807) is 0 Å². The van der Waals surface area contributed by atoms with E-state index in [4.69, 9.17) is 0 Å². The molecule has 1 aromatic heterocycles. The monoisotopic (exact) mass is 202 g/mol. The van der Waals surface area contributed by atoms with Gasteiger partial charge in [0.15, 0.2) is 5.52 Å². The van der Waals surface area contributed by atoms with Crippen molar-refractivity contribution in [3.05, 3.63) is 18.2 Å². The molecule has 68 valence electrons. The van der Waals surface area contributed by atoms with Crippen molar-refractivity contribution in [3.63, 3.8) is 0 Å². The van der Waals surface area contributed by atoms with Crippen molar-refractivity contribution in [1.82, 2.24) is 10.3 Å². The lowest BCUT2D eigenvalue weighted by Crippen LogP contribution is -1.92. The zero-order valence-corrected chi connectivity index (χ0v) is 6.95. The Morgan fingerprint density at radius 3 is 2.77 bits per heavy atom. The van der Waals surface area contributed by atoms with Crippen molar-refractivity contribution in [2.45, 2.75) is 4.90 Å². The van der Waals surface area contributed by atoms with Gasteiger partial charge in [0.2, 0.25) is 0 Å². The van der Waals surface area contributed by atoms with Gasteiger partial charge in [-0.1, -0.05) is 6.07 Å². The summed E-state index contributed by atoms with van der Waals surface area (Å²) in [5, 5.41) is 6.66. The maximum atomic E-state index is 12.6. The van der Waals surface area contributed by atoms with Crippen molar-refractivity contribution in [2.75, 3.05) is 0 Å². The van der Waals surface area contributed by atoms with Crippen LogP contribution in [0, 0.1) is 0 Å². The summed E-state index contributed by atoms with van der Waals surface area (Å²) >= 11 is 0. The first kappa shape index (κ1) is 8.11. The summed E-state index contributed by atoms with van der Waals surface area (Å²) in [7, 11) is -4.76. The Labute approximate surface area is 72.3 Å². The second-order valence-corrected chi connectivity index (χ2v) is 3.64. The largest absolute Gasteiger partial charge is 0.334 e. The van der Waals surface area contributed by atoms with Gasteiger partial charge in [0.05, 0.1) is 0 Å². The molecule has 7 heteroatoms. The molecule has 0 spiro atoms. The molecule has 0 radical (unpaired) electrons. The van der Waals surface area contributed by atoms with Gasteiger partial charge in [-0.15, -0.1) is 3.89 Å². The standard InChI is InChI=1S/C6H3FN2O3S/c7-13(10,11)5-3-1-2-4-6(5)9-12-8-4/h1-3H. The third-order valence-electron chi connectivity index (χ3n) is 1.51. The Hall–Kier alpha value is -1.50. The van der Waals surface area contributed by atoms with Crippen molar-refractivity contribution in [1.29, 1.82) is 0 Å². The van der Waals surface area contributed by atoms with Gasteiger partial charge < -0.3 is 0 Å². The first-order valence-corrected chi connectivity index (χ1v) is 4.63. The van der Waals surface area contributed by atoms with E-state index >= 15 is 0 Å². The number of aromatic nitrogens is 2. The van der Waals surface area contributed by atoms with Gasteiger partial charge in [-0.05, 0) is 22.4 Å². The van der Waals surface area contributed by atoms with Crippen LogP contribution >= 0.6 is 0 Å². The predicted octanol–water partition coefficient (Wildman–Crippen LogP) is 0.881. The van der Waals surface area contributed by atoms with Crippen LogP contribution in [0.25, 0.3) is 11.0 Å². The third kappa shape index (κ3) is 1.26.